The maximum absolute atomic E-state index is 14.0. The van der Waals surface area contributed by atoms with Gasteiger partial charge in [-0.1, -0.05) is 66.7 Å². The van der Waals surface area contributed by atoms with E-state index in [1.165, 1.54) is 24.3 Å². The second-order valence-electron chi connectivity index (χ2n) is 10.5. The van der Waals surface area contributed by atoms with Gasteiger partial charge in [0, 0.05) is 0 Å². The fourth-order valence-electron chi connectivity index (χ4n) is 4.37. The monoisotopic (exact) mass is 762 g/mol. The highest BCUT2D eigenvalue weighted by Gasteiger charge is 2.37. The molecular weight excluding hydrogens is 739 g/mol. The van der Waals surface area contributed by atoms with Crippen molar-refractivity contribution in [3.63, 3.8) is 0 Å². The average Bonchev–Trinajstić information content (AvgIpc) is 3.09. The van der Waals surface area contributed by atoms with Crippen molar-refractivity contribution in [2.45, 2.75) is 22.1 Å². The van der Waals surface area contributed by atoms with E-state index in [1.54, 1.807) is 60.7 Å². The molecular formula is C36H24F6O8S2. The van der Waals surface area contributed by atoms with Crippen molar-refractivity contribution in [1.29, 1.82) is 0 Å². The van der Waals surface area contributed by atoms with Crippen LogP contribution in [0.5, 0.6) is 23.0 Å². The average molecular weight is 763 g/mol. The fourth-order valence-corrected chi connectivity index (χ4v) is 6.15. The first-order chi connectivity index (χ1) is 24.5. The van der Waals surface area contributed by atoms with Crippen molar-refractivity contribution in [3.8, 4) is 23.0 Å². The zero-order valence-electron chi connectivity index (χ0n) is 26.2. The predicted molar refractivity (Wildman–Crippen MR) is 177 cm³/mol. The Labute approximate surface area is 294 Å². The molecule has 0 heterocycles. The van der Waals surface area contributed by atoms with Crippen LogP contribution in [0.1, 0.15) is 11.1 Å². The summed E-state index contributed by atoms with van der Waals surface area (Å²) in [5, 5.41) is 0. The molecule has 0 saturated heterocycles. The molecule has 0 saturated carbocycles. The Kier molecular flexibility index (Phi) is 11.0. The molecule has 0 spiro atoms. The SMILES string of the molecule is O=S(=O)(O/C=C(/c1ccc(Oc2ccccc2)cc1)C(F)(F)F)c1cccc(S(=O)(=O)O/C=C(/c2ccc(Oc3ccccc3)cc2)C(F)(F)F)c1. The molecule has 16 heteroatoms. The highest BCUT2D eigenvalue weighted by atomic mass is 32.2. The van der Waals surface area contributed by atoms with E-state index >= 15 is 0 Å². The normalized spacial score (nSPS) is 13.0. The fraction of sp³-hybridized carbons (Fsp3) is 0.0556. The van der Waals surface area contributed by atoms with Gasteiger partial charge >= 0.3 is 32.6 Å². The van der Waals surface area contributed by atoms with E-state index in [0.717, 1.165) is 42.5 Å². The van der Waals surface area contributed by atoms with Gasteiger partial charge in [-0.3, -0.25) is 0 Å². The number of benzene rings is 5. The number of hydrogen-bond acceptors (Lipinski definition) is 8. The molecule has 0 N–H and O–H groups in total. The minimum absolute atomic E-state index is 0.0609. The van der Waals surface area contributed by atoms with Gasteiger partial charge in [-0.05, 0) is 77.9 Å². The van der Waals surface area contributed by atoms with E-state index in [-0.39, 0.29) is 24.0 Å². The van der Waals surface area contributed by atoms with Crippen LogP contribution in [0, 0.1) is 0 Å². The highest BCUT2D eigenvalue weighted by Crippen LogP contribution is 2.37. The lowest BCUT2D eigenvalue weighted by Crippen LogP contribution is -2.13. The zero-order valence-corrected chi connectivity index (χ0v) is 27.8. The van der Waals surface area contributed by atoms with E-state index in [0.29, 0.717) is 17.6 Å². The van der Waals surface area contributed by atoms with Gasteiger partial charge in [-0.15, -0.1) is 0 Å². The lowest BCUT2D eigenvalue weighted by atomic mass is 10.1. The summed E-state index contributed by atoms with van der Waals surface area (Å²) in [6.07, 6.45) is -10.3. The van der Waals surface area contributed by atoms with Crippen LogP contribution in [0.25, 0.3) is 11.1 Å². The number of halogens is 6. The predicted octanol–water partition coefficient (Wildman–Crippen LogP) is 9.89. The van der Waals surface area contributed by atoms with Crippen LogP contribution in [0.2, 0.25) is 0 Å². The van der Waals surface area contributed by atoms with Gasteiger partial charge in [0.25, 0.3) is 0 Å². The van der Waals surface area contributed by atoms with Gasteiger partial charge in [-0.25, -0.2) is 0 Å². The second-order valence-corrected chi connectivity index (χ2v) is 13.7. The van der Waals surface area contributed by atoms with Crippen molar-refractivity contribution in [2.75, 3.05) is 0 Å². The molecule has 0 radical (unpaired) electrons. The summed E-state index contributed by atoms with van der Waals surface area (Å²) in [5.74, 6) is 1.22. The molecule has 270 valence electrons. The second kappa shape index (κ2) is 15.2. The van der Waals surface area contributed by atoms with E-state index in [1.807, 2.05) is 0 Å². The smallest absolute Gasteiger partial charge is 0.419 e. The molecule has 0 bridgehead atoms. The summed E-state index contributed by atoms with van der Waals surface area (Å²) in [7, 11) is -10.2. The number of ether oxygens (including phenoxy) is 2. The number of rotatable bonds is 12. The maximum atomic E-state index is 14.0. The third-order valence-corrected chi connectivity index (χ3v) is 9.23. The molecule has 0 amide bonds. The Bertz CT molecular complexity index is 2110. The Hall–Kier alpha value is -5.74. The third kappa shape index (κ3) is 9.73. The minimum atomic E-state index is -5.11. The number of para-hydroxylation sites is 2. The van der Waals surface area contributed by atoms with Gasteiger partial charge in [0.15, 0.2) is 0 Å². The van der Waals surface area contributed by atoms with Crippen LogP contribution < -0.4 is 9.47 Å². The van der Waals surface area contributed by atoms with Crippen LogP contribution in [-0.2, 0) is 28.6 Å². The topological polar surface area (TPSA) is 105 Å². The molecule has 8 nitrogen and oxygen atoms in total. The lowest BCUT2D eigenvalue weighted by molar-refractivity contribution is -0.0706. The quantitative estimate of drug-likeness (QED) is 0.0703. The number of hydrogen-bond donors (Lipinski definition) is 0. The molecule has 52 heavy (non-hydrogen) atoms. The molecule has 0 fully saturated rings. The first-order valence-corrected chi connectivity index (χ1v) is 17.5. The summed E-state index contributed by atoms with van der Waals surface area (Å²) in [6, 6.07) is 28.7. The van der Waals surface area contributed by atoms with Crippen LogP contribution in [0.15, 0.2) is 156 Å². The summed E-state index contributed by atoms with van der Waals surface area (Å²) in [5.41, 5.74) is -3.98. The van der Waals surface area contributed by atoms with Crippen molar-refractivity contribution in [1.82, 2.24) is 0 Å². The van der Waals surface area contributed by atoms with E-state index in [9.17, 15) is 43.2 Å². The first-order valence-electron chi connectivity index (χ1n) is 14.7. The van der Waals surface area contributed by atoms with Crippen LogP contribution >= 0.6 is 0 Å². The largest absolute Gasteiger partial charge is 0.457 e. The summed E-state index contributed by atoms with van der Waals surface area (Å²) < 4.78 is 156. The Morgan fingerprint density at radius 3 is 1.10 bits per heavy atom. The number of alkyl halides is 6. The van der Waals surface area contributed by atoms with Crippen molar-refractivity contribution >= 4 is 31.4 Å². The summed E-state index contributed by atoms with van der Waals surface area (Å²) in [4.78, 5) is -1.87. The molecule has 5 rings (SSSR count). The van der Waals surface area contributed by atoms with Crippen molar-refractivity contribution in [2.24, 2.45) is 0 Å². The van der Waals surface area contributed by atoms with Gasteiger partial charge in [0.2, 0.25) is 0 Å². The summed E-state index contributed by atoms with van der Waals surface area (Å²) >= 11 is 0. The molecule has 5 aromatic carbocycles. The maximum Gasteiger partial charge on any atom is 0.419 e. The minimum Gasteiger partial charge on any atom is -0.457 e. The molecule has 0 unspecified atom stereocenters. The van der Waals surface area contributed by atoms with Crippen LogP contribution in [0.4, 0.5) is 26.3 Å². The van der Waals surface area contributed by atoms with E-state index < -0.39 is 64.7 Å². The third-order valence-electron chi connectivity index (χ3n) is 6.87. The zero-order chi connectivity index (χ0) is 37.6. The van der Waals surface area contributed by atoms with Gasteiger partial charge in [0.1, 0.15) is 45.3 Å². The molecule has 0 atom stereocenters. The van der Waals surface area contributed by atoms with Gasteiger partial charge < -0.3 is 17.8 Å². The van der Waals surface area contributed by atoms with E-state index in [2.05, 4.69) is 8.37 Å². The van der Waals surface area contributed by atoms with Crippen LogP contribution in [0.3, 0.4) is 0 Å². The molecule has 0 aromatic heterocycles. The highest BCUT2D eigenvalue weighted by molar-refractivity contribution is 7.87. The number of allylic oxidation sites excluding steroid dienone is 2. The molecule has 0 aliphatic heterocycles. The van der Waals surface area contributed by atoms with Gasteiger partial charge in [0.05, 0.1) is 11.1 Å². The van der Waals surface area contributed by atoms with Crippen molar-refractivity contribution < 1.29 is 61.0 Å². The summed E-state index contributed by atoms with van der Waals surface area (Å²) in [6.45, 7) is 0. The molecule has 5 aromatic rings. The first kappa shape index (κ1) is 37.5. The standard InChI is InChI=1S/C36H24F6O8S2/c37-35(38,39)33(25-14-18-29(19-15-25)49-27-8-3-1-4-9-27)23-47-51(43,44)31-12-7-13-32(22-31)52(45,46)48-24-34(36(40,41)42)26-16-20-30(21-17-26)50-28-10-5-2-6-11-28/h1-24H/b33-23-,34-24-. The molecule has 0 aliphatic carbocycles. The Morgan fingerprint density at radius 1 is 0.442 bits per heavy atom. The van der Waals surface area contributed by atoms with Crippen molar-refractivity contribution in [3.05, 3.63) is 157 Å². The Morgan fingerprint density at radius 2 is 0.769 bits per heavy atom. The Balaban J connectivity index is 1.34. The lowest BCUT2D eigenvalue weighted by Gasteiger charge is -2.14. The van der Waals surface area contributed by atoms with E-state index in [4.69, 9.17) is 9.47 Å². The van der Waals surface area contributed by atoms with Crippen LogP contribution in [-0.4, -0.2) is 29.2 Å². The van der Waals surface area contributed by atoms with Gasteiger partial charge in [-0.2, -0.15) is 43.2 Å². The molecule has 0 aliphatic rings.